The van der Waals surface area contributed by atoms with Crippen LogP contribution in [0.3, 0.4) is 0 Å². The van der Waals surface area contributed by atoms with Crippen molar-refractivity contribution in [2.45, 2.75) is 6.54 Å². The Morgan fingerprint density at radius 1 is 1.33 bits per heavy atom. The van der Waals surface area contributed by atoms with Crippen LogP contribution in [-0.4, -0.2) is 41.3 Å². The van der Waals surface area contributed by atoms with Gasteiger partial charge in [0.1, 0.15) is 11.5 Å². The van der Waals surface area contributed by atoms with Gasteiger partial charge >= 0.3 is 5.97 Å². The monoisotopic (exact) mass is 389 g/mol. The van der Waals surface area contributed by atoms with Gasteiger partial charge in [0.05, 0.1) is 36.9 Å². The standard InChI is InChI=1S/C18H16FN3O4S/c1-25-8-7-22-15-14(16(23)21-18(22)27)11(17(24)26-2)9-13(20-15)10-5-3-4-6-12(10)19/h3-6,9H,7-8H2,1-2H3,(H,21,23,27). The van der Waals surface area contributed by atoms with Crippen LogP contribution >= 0.6 is 12.2 Å². The Kier molecular flexibility index (Phi) is 5.43. The molecular weight excluding hydrogens is 373 g/mol. The minimum absolute atomic E-state index is 0.0200. The Hall–Kier alpha value is -2.91. The van der Waals surface area contributed by atoms with Crippen molar-refractivity contribution in [2.24, 2.45) is 0 Å². The maximum atomic E-state index is 14.3. The van der Waals surface area contributed by atoms with E-state index in [9.17, 15) is 14.0 Å². The first-order chi connectivity index (χ1) is 13.0. The number of H-pyrrole nitrogens is 1. The van der Waals surface area contributed by atoms with Crippen molar-refractivity contribution in [3.05, 3.63) is 56.8 Å². The number of benzene rings is 1. The number of nitrogens with one attached hydrogen (secondary N) is 1. The molecule has 0 saturated carbocycles. The second-order valence-corrected chi connectivity index (χ2v) is 6.02. The molecule has 1 aromatic carbocycles. The number of hydrogen-bond donors (Lipinski definition) is 1. The number of pyridine rings is 1. The van der Waals surface area contributed by atoms with E-state index < -0.39 is 17.3 Å². The lowest BCUT2D eigenvalue weighted by molar-refractivity contribution is 0.0603. The van der Waals surface area contributed by atoms with Crippen LogP contribution in [0, 0.1) is 10.6 Å². The smallest absolute Gasteiger partial charge is 0.338 e. The van der Waals surface area contributed by atoms with E-state index in [0.717, 1.165) is 0 Å². The van der Waals surface area contributed by atoms with Crippen molar-refractivity contribution in [3.63, 3.8) is 0 Å². The van der Waals surface area contributed by atoms with E-state index in [0.29, 0.717) is 6.61 Å². The lowest BCUT2D eigenvalue weighted by atomic mass is 10.1. The molecule has 0 spiro atoms. The normalized spacial score (nSPS) is 10.9. The van der Waals surface area contributed by atoms with Crippen molar-refractivity contribution >= 4 is 29.2 Å². The van der Waals surface area contributed by atoms with E-state index in [1.54, 1.807) is 12.1 Å². The van der Waals surface area contributed by atoms with Crippen molar-refractivity contribution in [1.29, 1.82) is 0 Å². The molecule has 0 fully saturated rings. The molecule has 3 rings (SSSR count). The van der Waals surface area contributed by atoms with Gasteiger partial charge in [0.25, 0.3) is 5.56 Å². The summed E-state index contributed by atoms with van der Waals surface area (Å²) < 4.78 is 25.8. The number of carbonyl (C=O) groups is 1. The summed E-state index contributed by atoms with van der Waals surface area (Å²) in [5.41, 5.74) is -0.0667. The first kappa shape index (κ1) is 18.9. The van der Waals surface area contributed by atoms with Crippen LogP contribution in [0.1, 0.15) is 10.4 Å². The number of ether oxygens (including phenoxy) is 2. The van der Waals surface area contributed by atoms with Gasteiger partial charge in [0, 0.05) is 12.7 Å². The maximum Gasteiger partial charge on any atom is 0.338 e. The zero-order valence-electron chi connectivity index (χ0n) is 14.6. The average Bonchev–Trinajstić information content (AvgIpc) is 2.66. The largest absolute Gasteiger partial charge is 0.465 e. The highest BCUT2D eigenvalue weighted by Crippen LogP contribution is 2.25. The number of esters is 1. The third-order valence-corrected chi connectivity index (χ3v) is 4.35. The predicted molar refractivity (Wildman–Crippen MR) is 99.8 cm³/mol. The number of nitrogens with zero attached hydrogens (tertiary/aromatic N) is 2. The molecular formula is C18H16FN3O4S. The molecule has 2 heterocycles. The number of fused-ring (bicyclic) bond motifs is 1. The summed E-state index contributed by atoms with van der Waals surface area (Å²) in [5.74, 6) is -1.24. The average molecular weight is 389 g/mol. The summed E-state index contributed by atoms with van der Waals surface area (Å²) in [4.78, 5) is 31.8. The summed E-state index contributed by atoms with van der Waals surface area (Å²) in [7, 11) is 2.72. The molecule has 9 heteroatoms. The second kappa shape index (κ2) is 7.77. The van der Waals surface area contributed by atoms with E-state index in [2.05, 4.69) is 9.97 Å². The van der Waals surface area contributed by atoms with Crippen LogP contribution in [0.2, 0.25) is 0 Å². The van der Waals surface area contributed by atoms with Crippen LogP contribution in [0.15, 0.2) is 35.1 Å². The number of carbonyl (C=O) groups excluding carboxylic acids is 1. The maximum absolute atomic E-state index is 14.3. The first-order valence-corrected chi connectivity index (χ1v) is 8.38. The van der Waals surface area contributed by atoms with Gasteiger partial charge in [-0.05, 0) is 30.4 Å². The summed E-state index contributed by atoms with van der Waals surface area (Å²) in [5, 5.41) is 0.0200. The Morgan fingerprint density at radius 3 is 2.74 bits per heavy atom. The summed E-state index contributed by atoms with van der Waals surface area (Å²) in [6, 6.07) is 7.36. The van der Waals surface area contributed by atoms with Gasteiger partial charge in [-0.25, -0.2) is 14.2 Å². The van der Waals surface area contributed by atoms with E-state index in [1.807, 2.05) is 0 Å². The Bertz CT molecular complexity index is 1140. The number of aromatic amines is 1. The summed E-state index contributed by atoms with van der Waals surface area (Å²) >= 11 is 5.23. The van der Waals surface area contributed by atoms with Gasteiger partial charge in [-0.2, -0.15) is 0 Å². The highest BCUT2D eigenvalue weighted by atomic mass is 32.1. The van der Waals surface area contributed by atoms with Gasteiger partial charge in [-0.15, -0.1) is 0 Å². The van der Waals surface area contributed by atoms with E-state index in [4.69, 9.17) is 21.7 Å². The number of rotatable bonds is 5. The van der Waals surface area contributed by atoms with Crippen LogP contribution in [0.5, 0.6) is 0 Å². The van der Waals surface area contributed by atoms with Crippen LogP contribution < -0.4 is 5.56 Å². The molecule has 0 saturated heterocycles. The fraction of sp³-hybridized carbons (Fsp3) is 0.222. The lowest BCUT2D eigenvalue weighted by Crippen LogP contribution is -2.21. The zero-order chi connectivity index (χ0) is 19.6. The van der Waals surface area contributed by atoms with Crippen molar-refractivity contribution in [2.75, 3.05) is 20.8 Å². The highest BCUT2D eigenvalue weighted by Gasteiger charge is 2.20. The molecule has 0 radical (unpaired) electrons. The van der Waals surface area contributed by atoms with Gasteiger partial charge in [-0.1, -0.05) is 12.1 Å². The molecule has 27 heavy (non-hydrogen) atoms. The van der Waals surface area contributed by atoms with Crippen LogP contribution in [0.25, 0.3) is 22.3 Å². The minimum atomic E-state index is -0.735. The Balaban J connectivity index is 2.44. The summed E-state index contributed by atoms with van der Waals surface area (Å²) in [6.07, 6.45) is 0. The third-order valence-electron chi connectivity index (χ3n) is 4.02. The van der Waals surface area contributed by atoms with Gasteiger partial charge in [0.2, 0.25) is 0 Å². The van der Waals surface area contributed by atoms with Gasteiger partial charge in [0.15, 0.2) is 4.77 Å². The second-order valence-electron chi connectivity index (χ2n) is 5.63. The molecule has 0 unspecified atom stereocenters. The number of aromatic nitrogens is 3. The SMILES string of the molecule is COCCn1c(=S)[nH]c(=O)c2c(C(=O)OC)cc(-c3ccccc3F)nc21. The van der Waals surface area contributed by atoms with E-state index in [-0.39, 0.29) is 39.2 Å². The number of methoxy groups -OCH3 is 2. The molecule has 0 amide bonds. The topological polar surface area (TPSA) is 86.2 Å². The highest BCUT2D eigenvalue weighted by molar-refractivity contribution is 7.71. The fourth-order valence-corrected chi connectivity index (χ4v) is 3.01. The quantitative estimate of drug-likeness (QED) is 0.533. The first-order valence-electron chi connectivity index (χ1n) is 7.98. The van der Waals surface area contributed by atoms with Gasteiger partial charge < -0.3 is 14.0 Å². The molecule has 0 atom stereocenters. The zero-order valence-corrected chi connectivity index (χ0v) is 15.4. The van der Waals surface area contributed by atoms with Crippen molar-refractivity contribution in [1.82, 2.24) is 14.5 Å². The molecule has 1 N–H and O–H groups in total. The van der Waals surface area contributed by atoms with E-state index in [1.165, 1.54) is 37.0 Å². The Morgan fingerprint density at radius 2 is 2.07 bits per heavy atom. The van der Waals surface area contributed by atoms with Crippen molar-refractivity contribution < 1.29 is 18.7 Å². The van der Waals surface area contributed by atoms with E-state index >= 15 is 0 Å². The predicted octanol–water partition coefficient (Wildman–Crippen LogP) is 2.69. The minimum Gasteiger partial charge on any atom is -0.465 e. The van der Waals surface area contributed by atoms with Crippen LogP contribution in [-0.2, 0) is 16.0 Å². The third kappa shape index (κ3) is 3.51. The number of hydrogen-bond acceptors (Lipinski definition) is 6. The van der Waals surface area contributed by atoms with Crippen molar-refractivity contribution in [3.8, 4) is 11.3 Å². The molecule has 3 aromatic rings. The molecule has 0 aliphatic rings. The fourth-order valence-electron chi connectivity index (χ4n) is 2.74. The Labute approximate surface area is 158 Å². The summed E-state index contributed by atoms with van der Waals surface area (Å²) in [6.45, 7) is 0.589. The van der Waals surface area contributed by atoms with Gasteiger partial charge in [-0.3, -0.25) is 9.78 Å². The molecule has 0 aliphatic heterocycles. The lowest BCUT2D eigenvalue weighted by Gasteiger charge is -2.14. The number of halogens is 1. The van der Waals surface area contributed by atoms with Crippen LogP contribution in [0.4, 0.5) is 4.39 Å². The molecule has 7 nitrogen and oxygen atoms in total. The molecule has 0 bridgehead atoms. The molecule has 140 valence electrons. The molecule has 0 aliphatic carbocycles. The molecule has 2 aromatic heterocycles.